The van der Waals surface area contributed by atoms with Gasteiger partial charge in [-0.05, 0) is 48.9 Å². The van der Waals surface area contributed by atoms with Gasteiger partial charge in [-0.3, -0.25) is 4.79 Å². The number of nitrogen functional groups attached to an aromatic ring is 1. The van der Waals surface area contributed by atoms with Crippen LogP contribution < -0.4 is 5.73 Å². The fraction of sp³-hybridized carbons (Fsp3) is 0.188. The van der Waals surface area contributed by atoms with Crippen LogP contribution in [0.1, 0.15) is 28.9 Å². The summed E-state index contributed by atoms with van der Waals surface area (Å²) in [7, 11) is 1.75. The minimum atomic E-state index is -0.0973. The number of amides is 1. The Labute approximate surface area is 118 Å². The molecular weight excluding hydrogens is 252 g/mol. The van der Waals surface area contributed by atoms with Gasteiger partial charge < -0.3 is 15.7 Å². The summed E-state index contributed by atoms with van der Waals surface area (Å²) in [5.74, 6) is 0.0491. The van der Waals surface area contributed by atoms with E-state index >= 15 is 0 Å². The highest BCUT2D eigenvalue weighted by Gasteiger charge is 2.18. The van der Waals surface area contributed by atoms with Crippen molar-refractivity contribution in [2.75, 3.05) is 12.8 Å². The number of rotatable bonds is 3. The van der Waals surface area contributed by atoms with E-state index in [9.17, 15) is 9.90 Å². The van der Waals surface area contributed by atoms with Crippen LogP contribution in [0.2, 0.25) is 0 Å². The van der Waals surface area contributed by atoms with Gasteiger partial charge in [-0.25, -0.2) is 0 Å². The normalized spacial score (nSPS) is 11.9. The van der Waals surface area contributed by atoms with Crippen molar-refractivity contribution >= 4 is 11.6 Å². The largest absolute Gasteiger partial charge is 0.508 e. The molecule has 0 aliphatic rings. The SMILES string of the molecule is CC(c1cccc(N)c1)N(C)C(=O)c1ccc(O)cc1. The van der Waals surface area contributed by atoms with Crippen LogP contribution in [0.15, 0.2) is 48.5 Å². The van der Waals surface area contributed by atoms with Gasteiger partial charge in [0.05, 0.1) is 6.04 Å². The summed E-state index contributed by atoms with van der Waals surface area (Å²) < 4.78 is 0. The lowest BCUT2D eigenvalue weighted by Crippen LogP contribution is -2.29. The lowest BCUT2D eigenvalue weighted by atomic mass is 10.1. The highest BCUT2D eigenvalue weighted by molar-refractivity contribution is 5.94. The summed E-state index contributed by atoms with van der Waals surface area (Å²) in [6.45, 7) is 1.95. The predicted octanol–water partition coefficient (Wildman–Crippen LogP) is 2.81. The molecule has 20 heavy (non-hydrogen) atoms. The zero-order valence-corrected chi connectivity index (χ0v) is 11.6. The van der Waals surface area contributed by atoms with E-state index < -0.39 is 0 Å². The highest BCUT2D eigenvalue weighted by Crippen LogP contribution is 2.22. The van der Waals surface area contributed by atoms with Crippen LogP contribution in [0.3, 0.4) is 0 Å². The standard InChI is InChI=1S/C16H18N2O2/c1-11(13-4-3-5-14(17)10-13)18(2)16(20)12-6-8-15(19)9-7-12/h3-11,19H,17H2,1-2H3. The third-order valence-electron chi connectivity index (χ3n) is 3.41. The molecule has 0 aliphatic heterocycles. The molecule has 4 heteroatoms. The van der Waals surface area contributed by atoms with Gasteiger partial charge >= 0.3 is 0 Å². The van der Waals surface area contributed by atoms with Gasteiger partial charge in [0, 0.05) is 18.3 Å². The number of hydrogen-bond acceptors (Lipinski definition) is 3. The summed E-state index contributed by atoms with van der Waals surface area (Å²) in [5.41, 5.74) is 7.98. The lowest BCUT2D eigenvalue weighted by Gasteiger charge is -2.25. The summed E-state index contributed by atoms with van der Waals surface area (Å²) in [5, 5.41) is 9.26. The van der Waals surface area contributed by atoms with Gasteiger partial charge in [0.2, 0.25) is 0 Å². The first-order valence-corrected chi connectivity index (χ1v) is 6.40. The van der Waals surface area contributed by atoms with Crippen molar-refractivity contribution < 1.29 is 9.90 Å². The number of nitrogens with two attached hydrogens (primary N) is 1. The van der Waals surface area contributed by atoms with Gasteiger partial charge in [0.25, 0.3) is 5.91 Å². The fourth-order valence-corrected chi connectivity index (χ4v) is 2.03. The minimum absolute atomic E-state index is 0.0835. The molecule has 0 bridgehead atoms. The molecule has 0 heterocycles. The Morgan fingerprint density at radius 3 is 2.45 bits per heavy atom. The third kappa shape index (κ3) is 2.91. The fourth-order valence-electron chi connectivity index (χ4n) is 2.03. The van der Waals surface area contributed by atoms with Gasteiger partial charge in [-0.1, -0.05) is 12.1 Å². The number of hydrogen-bond donors (Lipinski definition) is 2. The molecule has 1 atom stereocenters. The van der Waals surface area contributed by atoms with Crippen molar-refractivity contribution in [3.63, 3.8) is 0 Å². The molecule has 2 rings (SSSR count). The molecule has 0 fully saturated rings. The van der Waals surface area contributed by atoms with Crippen molar-refractivity contribution in [2.45, 2.75) is 13.0 Å². The number of phenols is 1. The lowest BCUT2D eigenvalue weighted by molar-refractivity contribution is 0.0742. The van der Waals surface area contributed by atoms with E-state index in [0.717, 1.165) is 5.56 Å². The molecule has 0 spiro atoms. The first kappa shape index (κ1) is 13.9. The van der Waals surface area contributed by atoms with E-state index in [1.165, 1.54) is 12.1 Å². The number of carbonyl (C=O) groups is 1. The second-order valence-electron chi connectivity index (χ2n) is 4.81. The Morgan fingerprint density at radius 1 is 1.20 bits per heavy atom. The van der Waals surface area contributed by atoms with E-state index in [1.54, 1.807) is 24.1 Å². The van der Waals surface area contributed by atoms with Crippen LogP contribution >= 0.6 is 0 Å². The first-order valence-electron chi connectivity index (χ1n) is 6.40. The van der Waals surface area contributed by atoms with Crippen LogP contribution in [-0.2, 0) is 0 Å². The van der Waals surface area contributed by atoms with Gasteiger partial charge in [0.1, 0.15) is 5.75 Å². The molecule has 0 radical (unpaired) electrons. The van der Waals surface area contributed by atoms with Crippen LogP contribution in [-0.4, -0.2) is 23.0 Å². The zero-order valence-electron chi connectivity index (χ0n) is 11.6. The monoisotopic (exact) mass is 270 g/mol. The van der Waals surface area contributed by atoms with Crippen LogP contribution in [0.5, 0.6) is 5.75 Å². The summed E-state index contributed by atoms with van der Waals surface area (Å²) >= 11 is 0. The Kier molecular flexibility index (Phi) is 3.94. The van der Waals surface area contributed by atoms with Crippen molar-refractivity contribution in [3.05, 3.63) is 59.7 Å². The molecule has 1 unspecified atom stereocenters. The zero-order chi connectivity index (χ0) is 14.7. The van der Waals surface area contributed by atoms with Gasteiger partial charge in [-0.15, -0.1) is 0 Å². The van der Waals surface area contributed by atoms with Gasteiger partial charge in [0.15, 0.2) is 0 Å². The third-order valence-corrected chi connectivity index (χ3v) is 3.41. The molecule has 1 amide bonds. The maximum Gasteiger partial charge on any atom is 0.254 e. The van der Waals surface area contributed by atoms with E-state index in [4.69, 9.17) is 5.73 Å². The maximum absolute atomic E-state index is 12.4. The van der Waals surface area contributed by atoms with Crippen LogP contribution in [0.25, 0.3) is 0 Å². The van der Waals surface area contributed by atoms with E-state index in [-0.39, 0.29) is 17.7 Å². The smallest absolute Gasteiger partial charge is 0.254 e. The molecule has 0 aliphatic carbocycles. The predicted molar refractivity (Wildman–Crippen MR) is 79.5 cm³/mol. The molecule has 2 aromatic carbocycles. The highest BCUT2D eigenvalue weighted by atomic mass is 16.3. The number of anilines is 1. The summed E-state index contributed by atoms with van der Waals surface area (Å²) in [6, 6.07) is 13.7. The summed E-state index contributed by atoms with van der Waals surface area (Å²) in [6.07, 6.45) is 0. The van der Waals surface area contributed by atoms with Crippen molar-refractivity contribution in [1.29, 1.82) is 0 Å². The number of aromatic hydroxyl groups is 1. The molecular formula is C16H18N2O2. The molecule has 3 N–H and O–H groups in total. The Balaban J connectivity index is 2.20. The van der Waals surface area contributed by atoms with E-state index in [2.05, 4.69) is 0 Å². The average molecular weight is 270 g/mol. The average Bonchev–Trinajstić information content (AvgIpc) is 2.46. The topological polar surface area (TPSA) is 66.6 Å². The Hall–Kier alpha value is -2.49. The molecule has 0 saturated heterocycles. The molecule has 2 aromatic rings. The Morgan fingerprint density at radius 2 is 1.85 bits per heavy atom. The van der Waals surface area contributed by atoms with Crippen LogP contribution in [0, 0.1) is 0 Å². The van der Waals surface area contributed by atoms with E-state index in [0.29, 0.717) is 11.3 Å². The van der Waals surface area contributed by atoms with Crippen molar-refractivity contribution in [3.8, 4) is 5.75 Å². The van der Waals surface area contributed by atoms with Crippen LogP contribution in [0.4, 0.5) is 5.69 Å². The van der Waals surface area contributed by atoms with Gasteiger partial charge in [-0.2, -0.15) is 0 Å². The van der Waals surface area contributed by atoms with Crippen molar-refractivity contribution in [2.24, 2.45) is 0 Å². The quantitative estimate of drug-likeness (QED) is 0.843. The van der Waals surface area contributed by atoms with Crippen molar-refractivity contribution in [1.82, 2.24) is 4.90 Å². The van der Waals surface area contributed by atoms with E-state index in [1.807, 2.05) is 31.2 Å². The second-order valence-corrected chi connectivity index (χ2v) is 4.81. The molecule has 0 aromatic heterocycles. The number of benzene rings is 2. The minimum Gasteiger partial charge on any atom is -0.508 e. The first-order chi connectivity index (χ1) is 9.49. The molecule has 104 valence electrons. The number of phenolic OH excluding ortho intramolecular Hbond substituents is 1. The molecule has 4 nitrogen and oxygen atoms in total. The second kappa shape index (κ2) is 5.65. The number of carbonyl (C=O) groups excluding carboxylic acids is 1. The Bertz CT molecular complexity index is 608. The summed E-state index contributed by atoms with van der Waals surface area (Å²) in [4.78, 5) is 14.0. The molecule has 0 saturated carbocycles. The maximum atomic E-state index is 12.4. The number of nitrogens with zero attached hydrogens (tertiary/aromatic N) is 1.